The molecular weight excluding hydrogens is 344 g/mol. The number of nitrogens with zero attached hydrogens (tertiary/aromatic N) is 2. The Morgan fingerprint density at radius 2 is 1.88 bits per heavy atom. The number of carboxylic acid groups (broad SMARTS) is 2. The van der Waals surface area contributed by atoms with Crippen LogP contribution in [0.15, 0.2) is 36.5 Å². The molecular formula is C18H17ClN2O4. The number of carbonyl (C=O) groups is 2. The van der Waals surface area contributed by atoms with Crippen molar-refractivity contribution in [2.24, 2.45) is 5.92 Å². The average Bonchev–Trinajstić information content (AvgIpc) is 2.62. The molecule has 0 atom stereocenters. The second-order valence-electron chi connectivity index (χ2n) is 5.97. The minimum atomic E-state index is -1.08. The molecule has 130 valence electrons. The molecule has 1 aliphatic heterocycles. The minimum absolute atomic E-state index is 0.0403. The molecule has 3 rings (SSSR count). The Bertz CT molecular complexity index is 816. The van der Waals surface area contributed by atoms with E-state index in [0.717, 1.165) is 11.4 Å². The third-order valence-corrected chi connectivity index (χ3v) is 4.77. The largest absolute Gasteiger partial charge is 0.481 e. The zero-order chi connectivity index (χ0) is 18.0. The van der Waals surface area contributed by atoms with Crippen molar-refractivity contribution in [2.75, 3.05) is 18.0 Å². The van der Waals surface area contributed by atoms with Crippen LogP contribution in [0.4, 0.5) is 5.82 Å². The molecule has 2 N–H and O–H groups in total. The second-order valence-corrected chi connectivity index (χ2v) is 6.38. The number of halogens is 1. The smallest absolute Gasteiger partial charge is 0.337 e. The molecule has 0 aliphatic carbocycles. The van der Waals surface area contributed by atoms with Crippen molar-refractivity contribution in [3.8, 4) is 11.1 Å². The molecule has 1 saturated heterocycles. The van der Waals surface area contributed by atoms with E-state index in [1.165, 1.54) is 6.07 Å². The Kier molecular flexibility index (Phi) is 4.90. The number of hydrogen-bond acceptors (Lipinski definition) is 4. The number of pyridine rings is 1. The number of aromatic carboxylic acids is 1. The molecule has 1 aromatic carbocycles. The van der Waals surface area contributed by atoms with Gasteiger partial charge in [-0.2, -0.15) is 0 Å². The summed E-state index contributed by atoms with van der Waals surface area (Å²) in [5.74, 6) is -1.44. The van der Waals surface area contributed by atoms with Crippen molar-refractivity contribution in [1.29, 1.82) is 0 Å². The average molecular weight is 361 g/mol. The first-order valence-electron chi connectivity index (χ1n) is 7.93. The Balaban J connectivity index is 1.94. The number of rotatable bonds is 4. The molecule has 0 bridgehead atoms. The lowest BCUT2D eigenvalue weighted by molar-refractivity contribution is -0.142. The normalized spacial score (nSPS) is 15.2. The van der Waals surface area contributed by atoms with Gasteiger partial charge in [0.2, 0.25) is 0 Å². The molecule has 0 radical (unpaired) electrons. The predicted molar refractivity (Wildman–Crippen MR) is 94.2 cm³/mol. The van der Waals surface area contributed by atoms with E-state index in [9.17, 15) is 14.7 Å². The van der Waals surface area contributed by atoms with Crippen molar-refractivity contribution in [1.82, 2.24) is 4.98 Å². The quantitative estimate of drug-likeness (QED) is 0.868. The number of benzene rings is 1. The third kappa shape index (κ3) is 3.58. The summed E-state index contributed by atoms with van der Waals surface area (Å²) in [5, 5.41) is 18.6. The van der Waals surface area contributed by atoms with E-state index in [1.54, 1.807) is 24.4 Å². The van der Waals surface area contributed by atoms with Gasteiger partial charge in [-0.05, 0) is 42.7 Å². The zero-order valence-corrected chi connectivity index (χ0v) is 14.1. The van der Waals surface area contributed by atoms with Crippen LogP contribution in [0.25, 0.3) is 11.1 Å². The van der Waals surface area contributed by atoms with Gasteiger partial charge in [-0.1, -0.05) is 17.7 Å². The highest BCUT2D eigenvalue weighted by atomic mass is 35.5. The lowest BCUT2D eigenvalue weighted by Gasteiger charge is -2.32. The van der Waals surface area contributed by atoms with Crippen LogP contribution in [-0.4, -0.2) is 40.2 Å². The van der Waals surface area contributed by atoms with E-state index in [1.807, 2.05) is 11.0 Å². The summed E-state index contributed by atoms with van der Waals surface area (Å²) in [5.41, 5.74) is 1.55. The highest BCUT2D eigenvalue weighted by Gasteiger charge is 2.26. The van der Waals surface area contributed by atoms with E-state index in [2.05, 4.69) is 4.98 Å². The van der Waals surface area contributed by atoms with Gasteiger partial charge in [-0.15, -0.1) is 0 Å². The van der Waals surface area contributed by atoms with Crippen molar-refractivity contribution < 1.29 is 19.8 Å². The zero-order valence-electron chi connectivity index (χ0n) is 13.4. The van der Waals surface area contributed by atoms with Gasteiger partial charge in [0.05, 0.1) is 16.5 Å². The topological polar surface area (TPSA) is 90.7 Å². The van der Waals surface area contributed by atoms with Crippen LogP contribution in [0.5, 0.6) is 0 Å². The second kappa shape index (κ2) is 7.11. The first kappa shape index (κ1) is 17.2. The molecule has 1 fully saturated rings. The van der Waals surface area contributed by atoms with Gasteiger partial charge in [0.1, 0.15) is 5.82 Å². The molecule has 0 spiro atoms. The Morgan fingerprint density at radius 3 is 2.52 bits per heavy atom. The highest BCUT2D eigenvalue weighted by Crippen LogP contribution is 2.33. The summed E-state index contributed by atoms with van der Waals surface area (Å²) in [6.07, 6.45) is 2.80. The standard InChI is InChI=1S/C18H17ClN2O4/c19-15-4-3-12(10-14(15)18(24)25)13-2-1-7-20-16(13)21-8-5-11(6-9-21)17(22)23/h1-4,7,10-11H,5-6,8-9H2,(H,22,23)(H,24,25). The van der Waals surface area contributed by atoms with Crippen LogP contribution in [-0.2, 0) is 4.79 Å². The number of aromatic nitrogens is 1. The van der Waals surface area contributed by atoms with Gasteiger partial charge in [0.25, 0.3) is 0 Å². The lowest BCUT2D eigenvalue weighted by atomic mass is 9.96. The number of aliphatic carboxylic acids is 1. The molecule has 1 aliphatic rings. The molecule has 25 heavy (non-hydrogen) atoms. The fourth-order valence-corrected chi connectivity index (χ4v) is 3.27. The Morgan fingerprint density at radius 1 is 1.16 bits per heavy atom. The molecule has 2 aromatic rings. The maximum Gasteiger partial charge on any atom is 0.337 e. The van der Waals surface area contributed by atoms with Crippen LogP contribution in [0.2, 0.25) is 5.02 Å². The molecule has 0 amide bonds. The number of anilines is 1. The molecule has 2 heterocycles. The van der Waals surface area contributed by atoms with Crippen molar-refractivity contribution in [3.63, 3.8) is 0 Å². The third-order valence-electron chi connectivity index (χ3n) is 4.44. The van der Waals surface area contributed by atoms with Crippen LogP contribution >= 0.6 is 11.6 Å². The molecule has 0 saturated carbocycles. The van der Waals surface area contributed by atoms with Crippen LogP contribution < -0.4 is 4.90 Å². The van der Waals surface area contributed by atoms with Gasteiger partial charge >= 0.3 is 11.9 Å². The monoisotopic (exact) mass is 360 g/mol. The summed E-state index contributed by atoms with van der Waals surface area (Å²) in [6, 6.07) is 8.53. The molecule has 1 aromatic heterocycles. The van der Waals surface area contributed by atoms with E-state index < -0.39 is 11.9 Å². The van der Waals surface area contributed by atoms with E-state index in [4.69, 9.17) is 16.7 Å². The summed E-state index contributed by atoms with van der Waals surface area (Å²) in [4.78, 5) is 28.9. The van der Waals surface area contributed by atoms with Gasteiger partial charge in [-0.25, -0.2) is 9.78 Å². The Labute approximate surface area is 149 Å². The summed E-state index contributed by atoms with van der Waals surface area (Å²) in [7, 11) is 0. The van der Waals surface area contributed by atoms with E-state index in [0.29, 0.717) is 31.5 Å². The van der Waals surface area contributed by atoms with Crippen LogP contribution in [0.1, 0.15) is 23.2 Å². The maximum atomic E-state index is 11.3. The van der Waals surface area contributed by atoms with Gasteiger partial charge in [0, 0.05) is 24.8 Å². The van der Waals surface area contributed by atoms with Gasteiger partial charge in [-0.3, -0.25) is 4.79 Å². The van der Waals surface area contributed by atoms with E-state index in [-0.39, 0.29) is 16.5 Å². The maximum absolute atomic E-state index is 11.3. The fraction of sp³-hybridized carbons (Fsp3) is 0.278. The summed E-state index contributed by atoms with van der Waals surface area (Å²) >= 11 is 5.95. The summed E-state index contributed by atoms with van der Waals surface area (Å²) < 4.78 is 0. The van der Waals surface area contributed by atoms with Crippen molar-refractivity contribution in [3.05, 3.63) is 47.1 Å². The van der Waals surface area contributed by atoms with Crippen LogP contribution in [0, 0.1) is 5.92 Å². The first-order valence-corrected chi connectivity index (χ1v) is 8.31. The first-order chi connectivity index (χ1) is 12.0. The SMILES string of the molecule is O=C(O)c1cc(-c2cccnc2N2CCC(C(=O)O)CC2)ccc1Cl. The minimum Gasteiger partial charge on any atom is -0.481 e. The van der Waals surface area contributed by atoms with Crippen LogP contribution in [0.3, 0.4) is 0 Å². The van der Waals surface area contributed by atoms with Crippen molar-refractivity contribution in [2.45, 2.75) is 12.8 Å². The highest BCUT2D eigenvalue weighted by molar-refractivity contribution is 6.33. The van der Waals surface area contributed by atoms with Crippen molar-refractivity contribution >= 4 is 29.4 Å². The van der Waals surface area contributed by atoms with Gasteiger partial charge in [0.15, 0.2) is 0 Å². The van der Waals surface area contributed by atoms with E-state index >= 15 is 0 Å². The fourth-order valence-electron chi connectivity index (χ4n) is 3.07. The van der Waals surface area contributed by atoms with Gasteiger partial charge < -0.3 is 15.1 Å². The Hall–Kier alpha value is -2.60. The molecule has 0 unspecified atom stereocenters. The lowest BCUT2D eigenvalue weighted by Crippen LogP contribution is -2.37. The number of carboxylic acids is 2. The molecule has 7 heteroatoms. The number of hydrogen-bond donors (Lipinski definition) is 2. The summed E-state index contributed by atoms with van der Waals surface area (Å²) in [6.45, 7) is 1.20. The number of piperidine rings is 1. The molecule has 6 nitrogen and oxygen atoms in total. The predicted octanol–water partition coefficient (Wildman–Crippen LogP) is 3.40.